The van der Waals surface area contributed by atoms with E-state index in [-0.39, 0.29) is 46.8 Å². The van der Waals surface area contributed by atoms with Crippen molar-refractivity contribution in [3.63, 3.8) is 0 Å². The molecule has 0 radical (unpaired) electrons. The minimum absolute atomic E-state index is 0.0158. The van der Waals surface area contributed by atoms with Crippen LogP contribution in [0.1, 0.15) is 17.0 Å². The number of nitrogens with zero attached hydrogens (tertiary/aromatic N) is 2. The number of ether oxygens (including phenoxy) is 2. The molecule has 4 aromatic rings. The van der Waals surface area contributed by atoms with E-state index < -0.39 is 10.0 Å². The van der Waals surface area contributed by atoms with Crippen molar-refractivity contribution in [2.45, 2.75) is 24.8 Å². The maximum absolute atomic E-state index is 13.5. The lowest BCUT2D eigenvalue weighted by Gasteiger charge is -2.14. The van der Waals surface area contributed by atoms with Gasteiger partial charge in [-0.05, 0) is 35.9 Å². The Bertz CT molecular complexity index is 1570. The Balaban J connectivity index is 1.63. The fourth-order valence-corrected chi connectivity index (χ4v) is 5.10. The van der Waals surface area contributed by atoms with E-state index in [1.807, 2.05) is 0 Å². The summed E-state index contributed by atoms with van der Waals surface area (Å²) in [5.74, 6) is 0.970. The van der Waals surface area contributed by atoms with Gasteiger partial charge in [-0.1, -0.05) is 35.9 Å². The molecule has 0 aliphatic carbocycles. The number of carbonyl (C=O) groups is 1. The Morgan fingerprint density at radius 1 is 1.00 bits per heavy atom. The SMILES string of the molecule is COc1ccc(CNS(=O)(=O)c2cc(NC(=O)Cc3ccccc3Cl)ccc2-c2nnc(C)o2)c(OC)c1. The van der Waals surface area contributed by atoms with Crippen molar-refractivity contribution in [2.24, 2.45) is 0 Å². The second-order valence-electron chi connectivity index (χ2n) is 8.16. The summed E-state index contributed by atoms with van der Waals surface area (Å²) in [6.07, 6.45) is 0.0158. The Morgan fingerprint density at radius 2 is 1.79 bits per heavy atom. The van der Waals surface area contributed by atoms with Crippen molar-refractivity contribution in [2.75, 3.05) is 19.5 Å². The van der Waals surface area contributed by atoms with Gasteiger partial charge in [0.15, 0.2) is 0 Å². The molecule has 2 N–H and O–H groups in total. The molecule has 0 saturated heterocycles. The van der Waals surface area contributed by atoms with Crippen molar-refractivity contribution in [3.05, 3.63) is 82.7 Å². The number of nitrogens with one attached hydrogen (secondary N) is 2. The third-order valence-corrected chi connectivity index (χ3v) is 7.38. The van der Waals surface area contributed by atoms with E-state index in [9.17, 15) is 13.2 Å². The van der Waals surface area contributed by atoms with Crippen LogP contribution in [0, 0.1) is 6.92 Å². The van der Waals surface area contributed by atoms with E-state index in [0.717, 1.165) is 0 Å². The monoisotopic (exact) mass is 556 g/mol. The molecule has 0 bridgehead atoms. The summed E-state index contributed by atoms with van der Waals surface area (Å²) in [6, 6.07) is 16.5. The summed E-state index contributed by atoms with van der Waals surface area (Å²) in [6.45, 7) is 1.53. The molecular formula is C26H25ClN4O6S. The highest BCUT2D eigenvalue weighted by atomic mass is 35.5. The number of halogens is 1. The van der Waals surface area contributed by atoms with Gasteiger partial charge in [0.1, 0.15) is 11.5 Å². The molecule has 10 nitrogen and oxygen atoms in total. The van der Waals surface area contributed by atoms with Gasteiger partial charge in [0.05, 0.1) is 31.1 Å². The number of anilines is 1. The molecule has 12 heteroatoms. The van der Waals surface area contributed by atoms with E-state index in [2.05, 4.69) is 20.2 Å². The molecule has 0 saturated carbocycles. The van der Waals surface area contributed by atoms with Gasteiger partial charge >= 0.3 is 0 Å². The molecular weight excluding hydrogens is 532 g/mol. The topological polar surface area (TPSA) is 133 Å². The molecule has 3 aromatic carbocycles. The molecule has 0 atom stereocenters. The van der Waals surface area contributed by atoms with Crippen molar-refractivity contribution < 1.29 is 27.1 Å². The van der Waals surface area contributed by atoms with Gasteiger partial charge in [-0.2, -0.15) is 0 Å². The van der Waals surface area contributed by atoms with Crippen LogP contribution < -0.4 is 19.5 Å². The summed E-state index contributed by atoms with van der Waals surface area (Å²) in [7, 11) is -1.12. The van der Waals surface area contributed by atoms with Gasteiger partial charge in [0.2, 0.25) is 27.7 Å². The number of aryl methyl sites for hydroxylation is 1. The number of aromatic nitrogens is 2. The molecule has 198 valence electrons. The molecule has 0 unspecified atom stereocenters. The van der Waals surface area contributed by atoms with Crippen LogP contribution in [-0.4, -0.2) is 38.7 Å². The number of rotatable bonds is 10. The van der Waals surface area contributed by atoms with Crippen molar-refractivity contribution in [1.29, 1.82) is 0 Å². The van der Waals surface area contributed by atoms with Crippen molar-refractivity contribution >= 4 is 33.2 Å². The normalized spacial score (nSPS) is 11.3. The molecule has 1 aromatic heterocycles. The minimum Gasteiger partial charge on any atom is -0.497 e. The second kappa shape index (κ2) is 11.6. The van der Waals surface area contributed by atoms with E-state index in [4.69, 9.17) is 25.5 Å². The number of sulfonamides is 1. The summed E-state index contributed by atoms with van der Waals surface area (Å²) in [4.78, 5) is 12.5. The average Bonchev–Trinajstić information content (AvgIpc) is 3.34. The van der Waals surface area contributed by atoms with Crippen LogP contribution in [0.3, 0.4) is 0 Å². The molecule has 0 spiro atoms. The molecule has 38 heavy (non-hydrogen) atoms. The van der Waals surface area contributed by atoms with Gasteiger partial charge in [0.25, 0.3) is 0 Å². The van der Waals surface area contributed by atoms with Crippen molar-refractivity contribution in [3.8, 4) is 23.0 Å². The molecule has 0 fully saturated rings. The predicted molar refractivity (Wildman–Crippen MR) is 142 cm³/mol. The fraction of sp³-hybridized carbons (Fsp3) is 0.192. The van der Waals surface area contributed by atoms with E-state index in [1.54, 1.807) is 55.5 Å². The molecule has 0 aliphatic rings. The largest absolute Gasteiger partial charge is 0.497 e. The highest BCUT2D eigenvalue weighted by Gasteiger charge is 2.24. The zero-order valence-electron chi connectivity index (χ0n) is 20.8. The van der Waals surface area contributed by atoms with Gasteiger partial charge in [0, 0.05) is 35.8 Å². The number of amides is 1. The lowest BCUT2D eigenvalue weighted by atomic mass is 10.1. The van der Waals surface area contributed by atoms with Crippen molar-refractivity contribution in [1.82, 2.24) is 14.9 Å². The molecule has 0 aliphatic heterocycles. The zero-order chi connectivity index (χ0) is 27.3. The van der Waals surface area contributed by atoms with Crippen LogP contribution >= 0.6 is 11.6 Å². The summed E-state index contributed by atoms with van der Waals surface area (Å²) in [5.41, 5.74) is 1.69. The summed E-state index contributed by atoms with van der Waals surface area (Å²) in [5, 5.41) is 11.0. The maximum atomic E-state index is 13.5. The third kappa shape index (κ3) is 6.31. The molecule has 4 rings (SSSR count). The predicted octanol–water partition coefficient (Wildman–Crippen LogP) is 4.38. The Kier molecular flexibility index (Phi) is 8.30. The van der Waals surface area contributed by atoms with Crippen LogP contribution in [0.15, 0.2) is 70.0 Å². The van der Waals surface area contributed by atoms with Crippen LogP contribution in [0.2, 0.25) is 5.02 Å². The van der Waals surface area contributed by atoms with Crippen LogP contribution in [0.25, 0.3) is 11.5 Å². The number of hydrogen-bond donors (Lipinski definition) is 2. The number of benzene rings is 3. The first kappa shape index (κ1) is 27.1. The third-order valence-electron chi connectivity index (χ3n) is 5.57. The number of hydrogen-bond acceptors (Lipinski definition) is 8. The Labute approximate surface area is 225 Å². The molecule has 1 amide bonds. The average molecular weight is 557 g/mol. The highest BCUT2D eigenvalue weighted by Crippen LogP contribution is 2.30. The number of carbonyl (C=O) groups excluding carboxylic acids is 1. The quantitative estimate of drug-likeness (QED) is 0.294. The first-order valence-corrected chi connectivity index (χ1v) is 13.2. The fourth-order valence-electron chi connectivity index (χ4n) is 3.67. The van der Waals surface area contributed by atoms with E-state index >= 15 is 0 Å². The zero-order valence-corrected chi connectivity index (χ0v) is 22.4. The smallest absolute Gasteiger partial charge is 0.249 e. The highest BCUT2D eigenvalue weighted by molar-refractivity contribution is 7.89. The summed E-state index contributed by atoms with van der Waals surface area (Å²) < 4.78 is 45.7. The summed E-state index contributed by atoms with van der Waals surface area (Å²) >= 11 is 6.16. The van der Waals surface area contributed by atoms with Gasteiger partial charge in [-0.3, -0.25) is 4.79 Å². The first-order chi connectivity index (χ1) is 18.2. The Hall–Kier alpha value is -3.93. The van der Waals surface area contributed by atoms with Crippen LogP contribution in [0.5, 0.6) is 11.5 Å². The van der Waals surface area contributed by atoms with Crippen LogP contribution in [0.4, 0.5) is 5.69 Å². The van der Waals surface area contributed by atoms with Gasteiger partial charge < -0.3 is 19.2 Å². The minimum atomic E-state index is -4.13. The maximum Gasteiger partial charge on any atom is 0.249 e. The standard InChI is InChI=1S/C26H25ClN4O6S/c1-16-30-31-26(37-16)21-11-9-19(29-25(32)12-17-6-4-5-7-22(17)27)13-24(21)38(33,34)28-15-18-8-10-20(35-2)14-23(18)36-3/h4-11,13-14,28H,12,15H2,1-3H3,(H,29,32). The van der Waals surface area contributed by atoms with Gasteiger partial charge in [-0.15, -0.1) is 10.2 Å². The molecule has 1 heterocycles. The first-order valence-electron chi connectivity index (χ1n) is 11.4. The lowest BCUT2D eigenvalue weighted by molar-refractivity contribution is -0.115. The number of methoxy groups -OCH3 is 2. The second-order valence-corrected chi connectivity index (χ2v) is 10.3. The van der Waals surface area contributed by atoms with Gasteiger partial charge in [-0.25, -0.2) is 13.1 Å². The van der Waals surface area contributed by atoms with Crippen LogP contribution in [-0.2, 0) is 27.8 Å². The van der Waals surface area contributed by atoms with E-state index in [1.165, 1.54) is 26.4 Å². The lowest BCUT2D eigenvalue weighted by Crippen LogP contribution is -2.24. The van der Waals surface area contributed by atoms with E-state index in [0.29, 0.717) is 27.6 Å². The Morgan fingerprint density at radius 3 is 2.47 bits per heavy atom.